The Kier molecular flexibility index (Phi) is 9.32. The van der Waals surface area contributed by atoms with E-state index in [2.05, 4.69) is 4.90 Å². The van der Waals surface area contributed by atoms with Gasteiger partial charge in [-0.05, 0) is 61.4 Å². The van der Waals surface area contributed by atoms with E-state index < -0.39 is 0 Å². The van der Waals surface area contributed by atoms with Crippen LogP contribution in [0.5, 0.6) is 11.5 Å². The second kappa shape index (κ2) is 12.6. The summed E-state index contributed by atoms with van der Waals surface area (Å²) in [7, 11) is 1.62. The van der Waals surface area contributed by atoms with Crippen molar-refractivity contribution in [3.8, 4) is 11.5 Å². The molecule has 0 aliphatic carbocycles. The number of carbonyl (C=O) groups excluding carboxylic acids is 2. The number of ether oxygens (including phenoxy) is 3. The van der Waals surface area contributed by atoms with Gasteiger partial charge >= 0.3 is 6.09 Å². The second-order valence-electron chi connectivity index (χ2n) is 7.72. The zero-order valence-corrected chi connectivity index (χ0v) is 19.4. The molecule has 3 rings (SSSR count). The number of rotatable bonds is 10. The minimum atomic E-state index is -0.223. The van der Waals surface area contributed by atoms with Crippen molar-refractivity contribution in [2.45, 2.75) is 13.3 Å². The van der Waals surface area contributed by atoms with Crippen LogP contribution < -0.4 is 9.47 Å². The Labute approximate surface area is 195 Å². The normalized spacial score (nSPS) is 14.3. The molecule has 1 heterocycles. The molecule has 0 spiro atoms. The Hall–Kier alpha value is -3.32. The summed E-state index contributed by atoms with van der Waals surface area (Å²) in [5.41, 5.74) is 1.55. The van der Waals surface area contributed by atoms with E-state index in [0.29, 0.717) is 31.9 Å². The Bertz CT molecular complexity index is 917. The van der Waals surface area contributed by atoms with Crippen molar-refractivity contribution in [1.82, 2.24) is 9.80 Å². The maximum absolute atomic E-state index is 12.4. The van der Waals surface area contributed by atoms with Gasteiger partial charge in [-0.2, -0.15) is 0 Å². The molecule has 2 aromatic rings. The highest BCUT2D eigenvalue weighted by Crippen LogP contribution is 2.15. The molecule has 0 saturated carbocycles. The van der Waals surface area contributed by atoms with E-state index in [-0.39, 0.29) is 11.9 Å². The monoisotopic (exact) mass is 452 g/mol. The number of piperazine rings is 1. The molecule has 0 radical (unpaired) electrons. The van der Waals surface area contributed by atoms with Gasteiger partial charge in [0.25, 0.3) is 0 Å². The van der Waals surface area contributed by atoms with E-state index in [1.165, 1.54) is 0 Å². The van der Waals surface area contributed by atoms with Gasteiger partial charge < -0.3 is 19.1 Å². The fraction of sp³-hybridized carbons (Fsp3) is 0.385. The standard InChI is InChI=1S/C26H32N2O5/c1-3-32-26(30)28-18-16-27(17-19-28)15-4-20-33-24-12-8-22(9-13-24)25(29)14-7-21-5-10-23(31-2)11-6-21/h5-14H,3-4,15-20H2,1-2H3/b14-7+. The first kappa shape index (κ1) is 24.3. The average molecular weight is 453 g/mol. The largest absolute Gasteiger partial charge is 0.497 e. The zero-order chi connectivity index (χ0) is 23.5. The van der Waals surface area contributed by atoms with Crippen molar-refractivity contribution in [3.05, 3.63) is 65.7 Å². The first-order chi connectivity index (χ1) is 16.1. The molecule has 2 aromatic carbocycles. The highest BCUT2D eigenvalue weighted by atomic mass is 16.6. The van der Waals surface area contributed by atoms with Crippen molar-refractivity contribution >= 4 is 18.0 Å². The third kappa shape index (κ3) is 7.64. The number of allylic oxidation sites excluding steroid dienone is 1. The number of ketones is 1. The Morgan fingerprint density at radius 1 is 0.939 bits per heavy atom. The molecule has 1 saturated heterocycles. The number of nitrogens with zero attached hydrogens (tertiary/aromatic N) is 2. The topological polar surface area (TPSA) is 68.3 Å². The molecule has 0 bridgehead atoms. The summed E-state index contributed by atoms with van der Waals surface area (Å²) in [4.78, 5) is 28.2. The van der Waals surface area contributed by atoms with Crippen LogP contribution in [-0.4, -0.2) is 74.7 Å². The molecule has 176 valence electrons. The summed E-state index contributed by atoms with van der Waals surface area (Å²) in [5.74, 6) is 1.47. The summed E-state index contributed by atoms with van der Waals surface area (Å²) < 4.78 is 16.0. The van der Waals surface area contributed by atoms with Crippen LogP contribution in [0.3, 0.4) is 0 Å². The molecule has 0 atom stereocenters. The van der Waals surface area contributed by atoms with Crippen LogP contribution >= 0.6 is 0 Å². The van der Waals surface area contributed by atoms with Gasteiger partial charge in [-0.3, -0.25) is 9.69 Å². The molecule has 33 heavy (non-hydrogen) atoms. The summed E-state index contributed by atoms with van der Waals surface area (Å²) in [6.45, 7) is 6.84. The molecule has 7 heteroatoms. The fourth-order valence-corrected chi connectivity index (χ4v) is 3.55. The van der Waals surface area contributed by atoms with Crippen LogP contribution in [-0.2, 0) is 4.74 Å². The second-order valence-corrected chi connectivity index (χ2v) is 7.72. The quantitative estimate of drug-likeness (QED) is 0.307. The first-order valence-corrected chi connectivity index (χ1v) is 11.3. The SMILES string of the molecule is CCOC(=O)N1CCN(CCCOc2ccc(C(=O)/C=C/c3ccc(OC)cc3)cc2)CC1. The van der Waals surface area contributed by atoms with E-state index in [0.717, 1.165) is 43.1 Å². The van der Waals surface area contributed by atoms with Crippen LogP contribution in [0.4, 0.5) is 4.79 Å². The number of methoxy groups -OCH3 is 1. The summed E-state index contributed by atoms with van der Waals surface area (Å²) >= 11 is 0. The van der Waals surface area contributed by atoms with Gasteiger partial charge in [-0.15, -0.1) is 0 Å². The van der Waals surface area contributed by atoms with Crippen LogP contribution in [0.25, 0.3) is 6.08 Å². The molecule has 1 aliphatic heterocycles. The minimum absolute atomic E-state index is 0.0562. The highest BCUT2D eigenvalue weighted by Gasteiger charge is 2.21. The molecule has 0 aromatic heterocycles. The molecular formula is C26H32N2O5. The first-order valence-electron chi connectivity index (χ1n) is 11.3. The summed E-state index contributed by atoms with van der Waals surface area (Å²) in [5, 5.41) is 0. The number of hydrogen-bond acceptors (Lipinski definition) is 6. The molecular weight excluding hydrogens is 420 g/mol. The average Bonchev–Trinajstić information content (AvgIpc) is 2.86. The lowest BCUT2D eigenvalue weighted by atomic mass is 10.1. The maximum Gasteiger partial charge on any atom is 0.409 e. The van der Waals surface area contributed by atoms with E-state index in [1.807, 2.05) is 43.3 Å². The number of amides is 1. The lowest BCUT2D eigenvalue weighted by Crippen LogP contribution is -2.49. The lowest BCUT2D eigenvalue weighted by Gasteiger charge is -2.33. The van der Waals surface area contributed by atoms with Crippen LogP contribution in [0.15, 0.2) is 54.6 Å². The molecule has 0 unspecified atom stereocenters. The van der Waals surface area contributed by atoms with Gasteiger partial charge in [0.15, 0.2) is 5.78 Å². The minimum Gasteiger partial charge on any atom is -0.497 e. The predicted molar refractivity (Wildman–Crippen MR) is 128 cm³/mol. The number of carbonyl (C=O) groups is 2. The zero-order valence-electron chi connectivity index (χ0n) is 19.4. The molecule has 1 amide bonds. The van der Waals surface area contributed by atoms with Crippen molar-refractivity contribution in [3.63, 3.8) is 0 Å². The lowest BCUT2D eigenvalue weighted by molar-refractivity contribution is 0.0781. The summed E-state index contributed by atoms with van der Waals surface area (Å²) in [6, 6.07) is 14.7. The summed E-state index contributed by atoms with van der Waals surface area (Å²) in [6.07, 6.45) is 4.03. The van der Waals surface area contributed by atoms with Gasteiger partial charge in [-0.25, -0.2) is 4.79 Å². The highest BCUT2D eigenvalue weighted by molar-refractivity contribution is 6.06. The third-order valence-electron chi connectivity index (χ3n) is 5.47. The van der Waals surface area contributed by atoms with Gasteiger partial charge in [0.05, 0.1) is 20.3 Å². The van der Waals surface area contributed by atoms with Crippen molar-refractivity contribution in [1.29, 1.82) is 0 Å². The van der Waals surface area contributed by atoms with E-state index in [4.69, 9.17) is 14.2 Å². The molecule has 0 N–H and O–H groups in total. The van der Waals surface area contributed by atoms with Gasteiger partial charge in [0.2, 0.25) is 0 Å². The van der Waals surface area contributed by atoms with Gasteiger partial charge in [0, 0.05) is 38.3 Å². The Morgan fingerprint density at radius 3 is 2.24 bits per heavy atom. The van der Waals surface area contributed by atoms with Crippen LogP contribution in [0.2, 0.25) is 0 Å². The molecule has 7 nitrogen and oxygen atoms in total. The third-order valence-corrected chi connectivity index (χ3v) is 5.47. The molecule has 1 fully saturated rings. The fourth-order valence-electron chi connectivity index (χ4n) is 3.55. The smallest absolute Gasteiger partial charge is 0.409 e. The van der Waals surface area contributed by atoms with Crippen LogP contribution in [0, 0.1) is 0 Å². The van der Waals surface area contributed by atoms with Crippen LogP contribution in [0.1, 0.15) is 29.3 Å². The number of benzene rings is 2. The van der Waals surface area contributed by atoms with E-state index in [1.54, 1.807) is 36.3 Å². The van der Waals surface area contributed by atoms with Crippen molar-refractivity contribution in [2.75, 3.05) is 53.0 Å². The number of hydrogen-bond donors (Lipinski definition) is 0. The maximum atomic E-state index is 12.4. The van der Waals surface area contributed by atoms with Crippen molar-refractivity contribution < 1.29 is 23.8 Å². The van der Waals surface area contributed by atoms with E-state index in [9.17, 15) is 9.59 Å². The molecule has 1 aliphatic rings. The van der Waals surface area contributed by atoms with Crippen molar-refractivity contribution in [2.24, 2.45) is 0 Å². The predicted octanol–water partition coefficient (Wildman–Crippen LogP) is 4.13. The Balaban J connectivity index is 1.36. The van der Waals surface area contributed by atoms with Gasteiger partial charge in [0.1, 0.15) is 11.5 Å². The Morgan fingerprint density at radius 2 is 1.61 bits per heavy atom. The van der Waals surface area contributed by atoms with E-state index >= 15 is 0 Å². The van der Waals surface area contributed by atoms with Gasteiger partial charge in [-0.1, -0.05) is 18.2 Å².